The van der Waals surface area contributed by atoms with E-state index in [-0.39, 0.29) is 0 Å². The smallest absolute Gasteiger partial charge is 0.221 e. The number of hydrogen-bond donors (Lipinski definition) is 2. The first-order valence-corrected chi connectivity index (χ1v) is 6.33. The minimum absolute atomic E-state index is 0.292. The summed E-state index contributed by atoms with van der Waals surface area (Å²) in [5.74, 6) is 1.08. The zero-order chi connectivity index (χ0) is 11.5. The van der Waals surface area contributed by atoms with Crippen molar-refractivity contribution < 1.29 is 0 Å². The van der Waals surface area contributed by atoms with E-state index in [1.54, 1.807) is 17.5 Å². The molecule has 84 valence electrons. The van der Waals surface area contributed by atoms with E-state index in [4.69, 9.17) is 5.73 Å². The quantitative estimate of drug-likeness (QED) is 0.914. The Kier molecular flexibility index (Phi) is 3.40. The van der Waals surface area contributed by atoms with Crippen molar-refractivity contribution >= 4 is 39.0 Å². The number of hydrogen-bond acceptors (Lipinski definition) is 5. The van der Waals surface area contributed by atoms with Crippen LogP contribution in [0.15, 0.2) is 22.1 Å². The highest BCUT2D eigenvalue weighted by molar-refractivity contribution is 9.11. The van der Waals surface area contributed by atoms with Crippen LogP contribution >= 0.6 is 27.3 Å². The zero-order valence-corrected chi connectivity index (χ0v) is 11.1. The topological polar surface area (TPSA) is 63.8 Å². The van der Waals surface area contributed by atoms with Crippen LogP contribution in [0.25, 0.3) is 0 Å². The van der Waals surface area contributed by atoms with Crippen molar-refractivity contribution in [3.05, 3.63) is 32.6 Å². The highest BCUT2D eigenvalue weighted by Gasteiger charge is 2.02. The van der Waals surface area contributed by atoms with Gasteiger partial charge in [0.15, 0.2) is 0 Å². The fraction of sp³-hybridized carbons (Fsp3) is 0.200. The Morgan fingerprint density at radius 2 is 2.31 bits per heavy atom. The van der Waals surface area contributed by atoms with Crippen molar-refractivity contribution in [3.8, 4) is 0 Å². The predicted octanol–water partition coefficient (Wildman–Crippen LogP) is 2.80. The molecule has 0 aromatic carbocycles. The molecule has 0 aliphatic heterocycles. The number of nitrogen functional groups attached to an aromatic ring is 1. The number of halogens is 1. The van der Waals surface area contributed by atoms with Crippen LogP contribution in [0.3, 0.4) is 0 Å². The summed E-state index contributed by atoms with van der Waals surface area (Å²) >= 11 is 5.13. The van der Waals surface area contributed by atoms with E-state index in [0.717, 1.165) is 21.7 Å². The van der Waals surface area contributed by atoms with Crippen LogP contribution in [0.4, 0.5) is 11.8 Å². The third kappa shape index (κ3) is 2.70. The van der Waals surface area contributed by atoms with Gasteiger partial charge in [-0.1, -0.05) is 0 Å². The van der Waals surface area contributed by atoms with E-state index in [1.165, 1.54) is 4.88 Å². The highest BCUT2D eigenvalue weighted by atomic mass is 79.9. The third-order valence-electron chi connectivity index (χ3n) is 2.05. The largest absolute Gasteiger partial charge is 0.368 e. The average Bonchev–Trinajstić information content (AvgIpc) is 2.66. The lowest BCUT2D eigenvalue weighted by molar-refractivity contribution is 1.08. The van der Waals surface area contributed by atoms with Gasteiger partial charge in [0.25, 0.3) is 0 Å². The summed E-state index contributed by atoms with van der Waals surface area (Å²) in [4.78, 5) is 9.30. The summed E-state index contributed by atoms with van der Waals surface area (Å²) in [5, 5.41) is 3.24. The Morgan fingerprint density at radius 1 is 1.50 bits per heavy atom. The second-order valence-corrected chi connectivity index (χ2v) is 5.87. The van der Waals surface area contributed by atoms with E-state index < -0.39 is 0 Å². The van der Waals surface area contributed by atoms with Gasteiger partial charge in [0.1, 0.15) is 5.82 Å². The molecule has 6 heteroatoms. The molecule has 0 radical (unpaired) electrons. The van der Waals surface area contributed by atoms with Gasteiger partial charge in [-0.3, -0.25) is 0 Å². The predicted molar refractivity (Wildman–Crippen MR) is 70.5 cm³/mol. The van der Waals surface area contributed by atoms with Gasteiger partial charge in [0, 0.05) is 16.6 Å². The van der Waals surface area contributed by atoms with Gasteiger partial charge >= 0.3 is 0 Å². The second kappa shape index (κ2) is 4.80. The standard InChI is InChI=1S/C10H11BrN4S/c1-6-4-14-10(12)15-9(6)13-5-7-2-3-8(11)16-7/h2-4H,5H2,1H3,(H3,12,13,14,15). The van der Waals surface area contributed by atoms with Crippen LogP contribution in [0.1, 0.15) is 10.4 Å². The maximum atomic E-state index is 5.53. The molecule has 0 unspecified atom stereocenters. The number of nitrogens with two attached hydrogens (primary N) is 1. The highest BCUT2D eigenvalue weighted by Crippen LogP contribution is 2.23. The Balaban J connectivity index is 2.07. The van der Waals surface area contributed by atoms with Gasteiger partial charge in [-0.05, 0) is 35.0 Å². The summed E-state index contributed by atoms with van der Waals surface area (Å²) < 4.78 is 1.13. The van der Waals surface area contributed by atoms with Crippen LogP contribution in [-0.2, 0) is 6.54 Å². The first-order valence-electron chi connectivity index (χ1n) is 4.72. The number of thiophene rings is 1. The number of aryl methyl sites for hydroxylation is 1. The first-order chi connectivity index (χ1) is 7.65. The Labute approximate surface area is 106 Å². The van der Waals surface area contributed by atoms with Gasteiger partial charge in [0.05, 0.1) is 10.3 Å². The van der Waals surface area contributed by atoms with Gasteiger partial charge in [-0.2, -0.15) is 4.98 Å². The molecule has 0 amide bonds. The van der Waals surface area contributed by atoms with Crippen molar-refractivity contribution in [2.45, 2.75) is 13.5 Å². The van der Waals surface area contributed by atoms with Crippen molar-refractivity contribution in [1.29, 1.82) is 0 Å². The van der Waals surface area contributed by atoms with Crippen LogP contribution in [0.2, 0.25) is 0 Å². The molecule has 0 spiro atoms. The molecule has 2 heterocycles. The zero-order valence-electron chi connectivity index (χ0n) is 8.70. The number of nitrogens with zero attached hydrogens (tertiary/aromatic N) is 2. The van der Waals surface area contributed by atoms with E-state index in [0.29, 0.717) is 5.95 Å². The summed E-state index contributed by atoms with van der Waals surface area (Å²) in [5.41, 5.74) is 6.52. The monoisotopic (exact) mass is 298 g/mol. The van der Waals surface area contributed by atoms with Crippen LogP contribution in [0, 0.1) is 6.92 Å². The summed E-state index contributed by atoms with van der Waals surface area (Å²) in [7, 11) is 0. The molecule has 0 bridgehead atoms. The van der Waals surface area contributed by atoms with E-state index in [1.807, 2.05) is 13.0 Å². The van der Waals surface area contributed by atoms with Gasteiger partial charge < -0.3 is 11.1 Å². The molecule has 3 N–H and O–H groups in total. The molecular formula is C10H11BrN4S. The summed E-state index contributed by atoms with van der Waals surface area (Å²) in [6.07, 6.45) is 1.72. The maximum Gasteiger partial charge on any atom is 0.221 e. The Bertz CT molecular complexity index is 497. The van der Waals surface area contributed by atoms with Crippen molar-refractivity contribution in [2.75, 3.05) is 11.1 Å². The van der Waals surface area contributed by atoms with Crippen molar-refractivity contribution in [3.63, 3.8) is 0 Å². The second-order valence-electron chi connectivity index (χ2n) is 3.32. The first kappa shape index (κ1) is 11.3. The van der Waals surface area contributed by atoms with Crippen molar-refractivity contribution in [1.82, 2.24) is 9.97 Å². The lowest BCUT2D eigenvalue weighted by atomic mass is 10.3. The fourth-order valence-corrected chi connectivity index (χ4v) is 2.68. The molecule has 2 rings (SSSR count). The van der Waals surface area contributed by atoms with Gasteiger partial charge in [-0.15, -0.1) is 11.3 Å². The molecule has 4 nitrogen and oxygen atoms in total. The van der Waals surface area contributed by atoms with Gasteiger partial charge in [0.2, 0.25) is 5.95 Å². The minimum atomic E-state index is 0.292. The molecule has 0 aliphatic carbocycles. The molecule has 0 saturated carbocycles. The minimum Gasteiger partial charge on any atom is -0.368 e. The van der Waals surface area contributed by atoms with E-state index in [2.05, 4.69) is 37.3 Å². The molecule has 2 aromatic rings. The number of rotatable bonds is 3. The lowest BCUT2D eigenvalue weighted by Crippen LogP contribution is -2.05. The van der Waals surface area contributed by atoms with Crippen LogP contribution in [-0.4, -0.2) is 9.97 Å². The Morgan fingerprint density at radius 3 is 3.00 bits per heavy atom. The number of anilines is 2. The van der Waals surface area contributed by atoms with E-state index in [9.17, 15) is 0 Å². The van der Waals surface area contributed by atoms with Crippen LogP contribution < -0.4 is 11.1 Å². The number of nitrogens with one attached hydrogen (secondary N) is 1. The van der Waals surface area contributed by atoms with Crippen molar-refractivity contribution in [2.24, 2.45) is 0 Å². The van der Waals surface area contributed by atoms with Crippen LogP contribution in [0.5, 0.6) is 0 Å². The van der Waals surface area contributed by atoms with E-state index >= 15 is 0 Å². The normalized spacial score (nSPS) is 10.4. The maximum absolute atomic E-state index is 5.53. The fourth-order valence-electron chi connectivity index (χ4n) is 1.25. The lowest BCUT2D eigenvalue weighted by Gasteiger charge is -2.07. The summed E-state index contributed by atoms with van der Waals surface area (Å²) in [6.45, 7) is 2.69. The molecule has 0 saturated heterocycles. The average molecular weight is 299 g/mol. The summed E-state index contributed by atoms with van der Waals surface area (Å²) in [6, 6.07) is 4.10. The Hall–Kier alpha value is -1.14. The molecule has 0 atom stereocenters. The molecule has 0 fully saturated rings. The molecule has 2 aromatic heterocycles. The third-order valence-corrected chi connectivity index (χ3v) is 3.67. The molecular weight excluding hydrogens is 288 g/mol. The number of aromatic nitrogens is 2. The SMILES string of the molecule is Cc1cnc(N)nc1NCc1ccc(Br)s1. The molecule has 0 aliphatic rings. The molecule has 16 heavy (non-hydrogen) atoms. The van der Waals surface area contributed by atoms with Gasteiger partial charge in [-0.25, -0.2) is 4.98 Å².